The Morgan fingerprint density at radius 1 is 1.30 bits per heavy atom. The molecule has 1 aromatic heterocycles. The van der Waals surface area contributed by atoms with Gasteiger partial charge in [0.25, 0.3) is 11.6 Å². The van der Waals surface area contributed by atoms with E-state index >= 15 is 0 Å². The van der Waals surface area contributed by atoms with Crippen molar-refractivity contribution in [2.75, 3.05) is 18.5 Å². The molecule has 2 N–H and O–H groups in total. The molecule has 1 fully saturated rings. The number of nitrogens with one attached hydrogen (secondary N) is 2. The number of nitrogens with zero attached hydrogens (tertiary/aromatic N) is 1. The van der Waals surface area contributed by atoms with Crippen LogP contribution in [0, 0.1) is 10.1 Å². The van der Waals surface area contributed by atoms with Gasteiger partial charge in [-0.3, -0.25) is 14.9 Å². The summed E-state index contributed by atoms with van der Waals surface area (Å²) in [6.07, 6.45) is 2.66. The van der Waals surface area contributed by atoms with Gasteiger partial charge < -0.3 is 15.4 Å². The lowest BCUT2D eigenvalue weighted by Crippen LogP contribution is -2.30. The number of hydrogen-bond donors (Lipinski definition) is 2. The van der Waals surface area contributed by atoms with Crippen LogP contribution in [0.25, 0.3) is 0 Å². The number of benzene rings is 1. The molecule has 0 radical (unpaired) electrons. The molecule has 0 bridgehead atoms. The number of esters is 1. The second kappa shape index (κ2) is 8.63. The van der Waals surface area contributed by atoms with Gasteiger partial charge in [0.2, 0.25) is 0 Å². The average molecular weight is 389 g/mol. The van der Waals surface area contributed by atoms with Crippen molar-refractivity contribution in [1.82, 2.24) is 5.32 Å². The first-order chi connectivity index (χ1) is 13.0. The molecule has 1 amide bonds. The first kappa shape index (κ1) is 18.8. The van der Waals surface area contributed by atoms with E-state index < -0.39 is 23.4 Å². The standard InChI is InChI=1S/C18H19N3O5S/c22-17(19-8-7-14-2-1-9-27-14)11-26-18(23)12-3-6-15(20-13-4-5-13)16(10-12)21(24)25/h1-3,6,9-10,13,20H,4-5,7-8,11H2,(H,19,22). The van der Waals surface area contributed by atoms with Crippen molar-refractivity contribution in [2.45, 2.75) is 25.3 Å². The summed E-state index contributed by atoms with van der Waals surface area (Å²) in [5, 5.41) is 18.9. The molecule has 0 atom stereocenters. The Hall–Kier alpha value is -2.94. The Bertz CT molecular complexity index is 834. The van der Waals surface area contributed by atoms with Gasteiger partial charge in [-0.05, 0) is 42.8 Å². The van der Waals surface area contributed by atoms with Crippen molar-refractivity contribution in [3.8, 4) is 0 Å². The van der Waals surface area contributed by atoms with Crippen LogP contribution in [-0.4, -0.2) is 36.0 Å². The lowest BCUT2D eigenvalue weighted by molar-refractivity contribution is -0.384. The fourth-order valence-corrected chi connectivity index (χ4v) is 3.13. The molecule has 8 nitrogen and oxygen atoms in total. The highest BCUT2D eigenvalue weighted by molar-refractivity contribution is 7.09. The van der Waals surface area contributed by atoms with Crippen LogP contribution in [0.1, 0.15) is 28.1 Å². The quantitative estimate of drug-likeness (QED) is 0.388. The van der Waals surface area contributed by atoms with Gasteiger partial charge in [-0.25, -0.2) is 4.79 Å². The number of rotatable bonds is 9. The van der Waals surface area contributed by atoms with Gasteiger partial charge in [0, 0.05) is 23.5 Å². The molecule has 0 unspecified atom stereocenters. The van der Waals surface area contributed by atoms with Crippen LogP contribution in [0.5, 0.6) is 0 Å². The number of nitro benzene ring substituents is 1. The number of ether oxygens (including phenoxy) is 1. The fraction of sp³-hybridized carbons (Fsp3) is 0.333. The van der Waals surface area contributed by atoms with Gasteiger partial charge in [-0.1, -0.05) is 6.07 Å². The van der Waals surface area contributed by atoms with Crippen molar-refractivity contribution >= 4 is 34.6 Å². The van der Waals surface area contributed by atoms with E-state index in [2.05, 4.69) is 10.6 Å². The summed E-state index contributed by atoms with van der Waals surface area (Å²) in [4.78, 5) is 35.7. The predicted molar refractivity (Wildman–Crippen MR) is 101 cm³/mol. The van der Waals surface area contributed by atoms with Gasteiger partial charge in [-0.15, -0.1) is 11.3 Å². The number of nitro groups is 1. The van der Waals surface area contributed by atoms with Crippen LogP contribution in [0.2, 0.25) is 0 Å². The Labute approximate surface area is 159 Å². The zero-order chi connectivity index (χ0) is 19.2. The van der Waals surface area contributed by atoms with Crippen molar-refractivity contribution < 1.29 is 19.2 Å². The Morgan fingerprint density at radius 2 is 2.11 bits per heavy atom. The van der Waals surface area contributed by atoms with Crippen LogP contribution in [0.3, 0.4) is 0 Å². The van der Waals surface area contributed by atoms with Crippen molar-refractivity contribution in [2.24, 2.45) is 0 Å². The van der Waals surface area contributed by atoms with Gasteiger partial charge >= 0.3 is 5.97 Å². The second-order valence-electron chi connectivity index (χ2n) is 6.16. The lowest BCUT2D eigenvalue weighted by Gasteiger charge is -2.08. The summed E-state index contributed by atoms with van der Waals surface area (Å²) < 4.78 is 4.95. The maximum Gasteiger partial charge on any atom is 0.338 e. The third kappa shape index (κ3) is 5.52. The van der Waals surface area contributed by atoms with Crippen LogP contribution in [-0.2, 0) is 16.0 Å². The molecule has 27 heavy (non-hydrogen) atoms. The highest BCUT2D eigenvalue weighted by Gasteiger charge is 2.26. The van der Waals surface area contributed by atoms with E-state index in [4.69, 9.17) is 4.74 Å². The topological polar surface area (TPSA) is 111 Å². The van der Waals surface area contributed by atoms with E-state index in [0.29, 0.717) is 18.7 Å². The summed E-state index contributed by atoms with van der Waals surface area (Å²) in [6, 6.07) is 8.28. The minimum Gasteiger partial charge on any atom is -0.452 e. The second-order valence-corrected chi connectivity index (χ2v) is 7.20. The van der Waals surface area contributed by atoms with E-state index in [-0.39, 0.29) is 17.3 Å². The fourth-order valence-electron chi connectivity index (χ4n) is 2.42. The van der Waals surface area contributed by atoms with E-state index in [1.807, 2.05) is 17.5 Å². The number of amides is 1. The summed E-state index contributed by atoms with van der Waals surface area (Å²) >= 11 is 1.61. The summed E-state index contributed by atoms with van der Waals surface area (Å²) in [5.74, 6) is -1.19. The molecule has 2 aromatic rings. The summed E-state index contributed by atoms with van der Waals surface area (Å²) in [5.41, 5.74) is 0.233. The minimum atomic E-state index is -0.774. The summed E-state index contributed by atoms with van der Waals surface area (Å²) in [6.45, 7) is 0.0169. The van der Waals surface area contributed by atoms with E-state index in [9.17, 15) is 19.7 Å². The lowest BCUT2D eigenvalue weighted by atomic mass is 10.1. The molecule has 1 aliphatic rings. The highest BCUT2D eigenvalue weighted by atomic mass is 32.1. The zero-order valence-electron chi connectivity index (χ0n) is 14.5. The molecular weight excluding hydrogens is 370 g/mol. The maximum absolute atomic E-state index is 12.1. The number of carbonyl (C=O) groups excluding carboxylic acids is 2. The third-order valence-corrected chi connectivity index (χ3v) is 4.91. The largest absolute Gasteiger partial charge is 0.452 e. The SMILES string of the molecule is O=C(COC(=O)c1ccc(NC2CC2)c([N+](=O)[O-])c1)NCCc1cccs1. The normalized spacial score (nSPS) is 13.0. The van der Waals surface area contributed by atoms with Crippen LogP contribution >= 0.6 is 11.3 Å². The smallest absolute Gasteiger partial charge is 0.338 e. The Kier molecular flexibility index (Phi) is 6.02. The van der Waals surface area contributed by atoms with Gasteiger partial charge in [0.05, 0.1) is 10.5 Å². The van der Waals surface area contributed by atoms with E-state index in [0.717, 1.165) is 17.7 Å². The Balaban J connectivity index is 1.50. The monoisotopic (exact) mass is 389 g/mol. The number of thiophene rings is 1. The van der Waals surface area contributed by atoms with E-state index in [1.165, 1.54) is 18.2 Å². The first-order valence-electron chi connectivity index (χ1n) is 8.54. The first-order valence-corrected chi connectivity index (χ1v) is 9.42. The van der Waals surface area contributed by atoms with E-state index in [1.54, 1.807) is 11.3 Å². The van der Waals surface area contributed by atoms with Gasteiger partial charge in [0.1, 0.15) is 5.69 Å². The van der Waals surface area contributed by atoms with Gasteiger partial charge in [0.15, 0.2) is 6.61 Å². The molecule has 9 heteroatoms. The molecule has 0 saturated heterocycles. The van der Waals surface area contributed by atoms with Crippen molar-refractivity contribution in [3.63, 3.8) is 0 Å². The van der Waals surface area contributed by atoms with Crippen LogP contribution < -0.4 is 10.6 Å². The highest BCUT2D eigenvalue weighted by Crippen LogP contribution is 2.31. The molecular formula is C18H19N3O5S. The van der Waals surface area contributed by atoms with Gasteiger partial charge in [-0.2, -0.15) is 0 Å². The number of anilines is 1. The maximum atomic E-state index is 12.1. The molecule has 0 spiro atoms. The molecule has 1 aromatic carbocycles. The summed E-state index contributed by atoms with van der Waals surface area (Å²) in [7, 11) is 0. The van der Waals surface area contributed by atoms with Crippen LogP contribution in [0.15, 0.2) is 35.7 Å². The minimum absolute atomic E-state index is 0.0365. The number of hydrogen-bond acceptors (Lipinski definition) is 7. The molecule has 1 heterocycles. The number of carbonyl (C=O) groups is 2. The van der Waals surface area contributed by atoms with Crippen molar-refractivity contribution in [3.05, 3.63) is 56.3 Å². The zero-order valence-corrected chi connectivity index (χ0v) is 15.3. The van der Waals surface area contributed by atoms with Crippen LogP contribution in [0.4, 0.5) is 11.4 Å². The Morgan fingerprint density at radius 3 is 2.78 bits per heavy atom. The molecule has 3 rings (SSSR count). The molecule has 1 saturated carbocycles. The molecule has 142 valence electrons. The average Bonchev–Trinajstić information content (AvgIpc) is 3.31. The predicted octanol–water partition coefficient (Wildman–Crippen LogP) is 2.75. The molecule has 0 aliphatic heterocycles. The third-order valence-electron chi connectivity index (χ3n) is 3.98. The van der Waals surface area contributed by atoms with Crippen molar-refractivity contribution in [1.29, 1.82) is 0 Å². The molecule has 1 aliphatic carbocycles.